The summed E-state index contributed by atoms with van der Waals surface area (Å²) in [6.45, 7) is -0.894. The van der Waals surface area contributed by atoms with Crippen LogP contribution in [0.4, 0.5) is 5.82 Å². The second-order valence-corrected chi connectivity index (χ2v) is 11.6. The van der Waals surface area contributed by atoms with E-state index in [9.17, 15) is 38.6 Å². The number of imidazole rings is 1. The van der Waals surface area contributed by atoms with Gasteiger partial charge in [-0.15, -0.1) is 0 Å². The number of nitrogen functional groups attached to an aromatic ring is 1. The number of phosphoric acid groups is 2. The summed E-state index contributed by atoms with van der Waals surface area (Å²) in [6.07, 6.45) is -3.06. The Morgan fingerprint density at radius 2 is 1.91 bits per heavy atom. The number of nitrogens with zero attached hydrogens (tertiary/aromatic N) is 4. The van der Waals surface area contributed by atoms with E-state index in [-0.39, 0.29) is 17.0 Å². The molecule has 17 nitrogen and oxygen atoms in total. The average Bonchev–Trinajstić information content (AvgIpc) is 3.19. The highest BCUT2D eigenvalue weighted by atomic mass is 32.2. The van der Waals surface area contributed by atoms with Crippen molar-refractivity contribution in [3.8, 4) is 0 Å². The van der Waals surface area contributed by atoms with Crippen molar-refractivity contribution in [2.24, 2.45) is 0 Å². The van der Waals surface area contributed by atoms with Crippen LogP contribution in [0.15, 0.2) is 11.5 Å². The number of aromatic nitrogens is 4. The van der Waals surface area contributed by atoms with Gasteiger partial charge in [-0.1, -0.05) is 11.8 Å². The lowest BCUT2D eigenvalue weighted by molar-refractivity contribution is -0.339. The summed E-state index contributed by atoms with van der Waals surface area (Å²) in [4.78, 5) is 44.4. The molecule has 1 aliphatic rings. The first-order chi connectivity index (χ1) is 15.1. The predicted octanol–water partition coefficient (Wildman–Crippen LogP) is -2.63. The van der Waals surface area contributed by atoms with E-state index in [4.69, 9.17) is 18.0 Å². The summed E-state index contributed by atoms with van der Waals surface area (Å²) in [5.41, 5.74) is 6.19. The fourth-order valence-electron chi connectivity index (χ4n) is 2.77. The maximum Gasteiger partial charge on any atom is 0.276 e. The first-order valence-electron chi connectivity index (χ1n) is 8.47. The fraction of sp³-hybridized carbons (Fsp3) is 0.545. The highest BCUT2D eigenvalue weighted by molar-refractivity contribution is 7.98. The van der Waals surface area contributed by atoms with E-state index in [1.807, 2.05) is 0 Å². The molecule has 2 unspecified atom stereocenters. The van der Waals surface area contributed by atoms with E-state index in [2.05, 4.69) is 28.1 Å². The van der Waals surface area contributed by atoms with Crippen LogP contribution in [-0.4, -0.2) is 68.5 Å². The SMILES string of the molecule is [B-]P(=O)(OC[C@H]1O[C@@H](n2cnc3c(N)nc(SC)nc32)[C@H](O)[C@@H]1O)OP(=O)([O-])OP(=O)([O-])[O-]. The maximum atomic E-state index is 12.0. The van der Waals surface area contributed by atoms with Gasteiger partial charge in [0, 0.05) is 0 Å². The van der Waals surface area contributed by atoms with Crippen LogP contribution < -0.4 is 20.4 Å². The molecule has 0 aliphatic carbocycles. The molecular formula is C11H14BN5O12P3S-4. The third kappa shape index (κ3) is 6.41. The number of aliphatic hydroxyl groups excluding tert-OH is 2. The number of hydrogen-bond donors (Lipinski definition) is 3. The van der Waals surface area contributed by atoms with Gasteiger partial charge in [0.2, 0.25) is 0 Å². The second-order valence-electron chi connectivity index (χ2n) is 6.36. The van der Waals surface area contributed by atoms with Crippen molar-refractivity contribution in [3.05, 3.63) is 6.33 Å². The first-order valence-corrected chi connectivity index (χ1v) is 14.2. The van der Waals surface area contributed by atoms with Crippen molar-refractivity contribution in [2.45, 2.75) is 29.7 Å². The number of ether oxygens (including phenoxy) is 1. The smallest absolute Gasteiger partial charge is 0.276 e. The number of rotatable bonds is 9. The minimum Gasteiger partial charge on any atom is -0.790 e. The Morgan fingerprint density at radius 1 is 1.24 bits per heavy atom. The maximum absolute atomic E-state index is 12.0. The van der Waals surface area contributed by atoms with E-state index in [0.717, 1.165) is 0 Å². The normalized spacial score (nSPS) is 27.5. The molecule has 1 aliphatic heterocycles. The van der Waals surface area contributed by atoms with E-state index in [0.29, 0.717) is 5.16 Å². The quantitative estimate of drug-likeness (QED) is 0.126. The van der Waals surface area contributed by atoms with Crippen molar-refractivity contribution in [2.75, 3.05) is 18.6 Å². The highest BCUT2D eigenvalue weighted by Crippen LogP contribution is 2.62. The molecule has 3 radical (unpaired) electrons. The lowest BCUT2D eigenvalue weighted by Gasteiger charge is -2.39. The molecule has 0 bridgehead atoms. The number of aliphatic hydroxyl groups is 2. The van der Waals surface area contributed by atoms with Crippen LogP contribution in [0.3, 0.4) is 0 Å². The Bertz CT molecular complexity index is 1180. The zero-order valence-electron chi connectivity index (χ0n) is 16.3. The van der Waals surface area contributed by atoms with Crippen LogP contribution in [0.2, 0.25) is 0 Å². The molecule has 4 N–H and O–H groups in total. The highest BCUT2D eigenvalue weighted by Gasteiger charge is 2.44. The Balaban J connectivity index is 1.73. The van der Waals surface area contributed by atoms with Gasteiger partial charge in [0.1, 0.15) is 23.8 Å². The van der Waals surface area contributed by atoms with Gasteiger partial charge < -0.3 is 56.6 Å². The molecular weight excluding hydrogens is 530 g/mol. The van der Waals surface area contributed by atoms with Crippen LogP contribution in [0.25, 0.3) is 11.2 Å². The molecule has 33 heavy (non-hydrogen) atoms. The average molecular weight is 544 g/mol. The van der Waals surface area contributed by atoms with Crippen LogP contribution in [0.1, 0.15) is 6.23 Å². The van der Waals surface area contributed by atoms with Crippen molar-refractivity contribution in [1.29, 1.82) is 0 Å². The monoisotopic (exact) mass is 544 g/mol. The van der Waals surface area contributed by atoms with Gasteiger partial charge in [-0.05, 0) is 6.26 Å². The van der Waals surface area contributed by atoms with E-state index < -0.39 is 54.3 Å². The van der Waals surface area contributed by atoms with Crippen LogP contribution in [-0.2, 0) is 31.6 Å². The van der Waals surface area contributed by atoms with Crippen LogP contribution in [0.5, 0.6) is 0 Å². The molecule has 2 aromatic rings. The van der Waals surface area contributed by atoms with E-state index in [1.54, 1.807) is 6.26 Å². The van der Waals surface area contributed by atoms with Crippen molar-refractivity contribution < 1.29 is 56.5 Å². The molecule has 0 amide bonds. The summed E-state index contributed by atoms with van der Waals surface area (Å²) in [7, 11) is -12.0. The van der Waals surface area contributed by atoms with Crippen molar-refractivity contribution in [3.63, 3.8) is 0 Å². The number of nitrogens with two attached hydrogens (primary N) is 1. The lowest BCUT2D eigenvalue weighted by atomic mass is 10.1. The Labute approximate surface area is 190 Å². The van der Waals surface area contributed by atoms with Gasteiger partial charge in [0.15, 0.2) is 22.8 Å². The molecule has 22 heteroatoms. The molecule has 0 saturated carbocycles. The molecule has 1 fully saturated rings. The second kappa shape index (κ2) is 9.62. The van der Waals surface area contributed by atoms with Gasteiger partial charge in [0.05, 0.1) is 28.2 Å². The van der Waals surface area contributed by atoms with Gasteiger partial charge in [-0.2, -0.15) is 0 Å². The van der Waals surface area contributed by atoms with Gasteiger partial charge in [-0.25, -0.2) is 15.0 Å². The summed E-state index contributed by atoms with van der Waals surface area (Å²) in [6, 6.07) is 0. The Kier molecular flexibility index (Phi) is 7.79. The van der Waals surface area contributed by atoms with Gasteiger partial charge in [-0.3, -0.25) is 17.8 Å². The zero-order valence-corrected chi connectivity index (χ0v) is 19.8. The minimum atomic E-state index is -6.06. The largest absolute Gasteiger partial charge is 0.790 e. The Morgan fingerprint density at radius 3 is 2.52 bits per heavy atom. The summed E-state index contributed by atoms with van der Waals surface area (Å²) >= 11 is 1.18. The van der Waals surface area contributed by atoms with E-state index in [1.165, 1.54) is 22.7 Å². The molecule has 2 aromatic heterocycles. The number of fused-ring (bicyclic) bond motifs is 1. The van der Waals surface area contributed by atoms with Crippen molar-refractivity contribution in [1.82, 2.24) is 19.5 Å². The third-order valence-electron chi connectivity index (χ3n) is 4.05. The predicted molar refractivity (Wildman–Crippen MR) is 104 cm³/mol. The van der Waals surface area contributed by atoms with Gasteiger partial charge in [0.25, 0.3) is 7.82 Å². The number of anilines is 1. The minimum absolute atomic E-state index is 0.0576. The zero-order chi connectivity index (χ0) is 24.8. The first kappa shape index (κ1) is 26.7. The summed E-state index contributed by atoms with van der Waals surface area (Å²) in [5.74, 6) is 0.0576. The lowest BCUT2D eigenvalue weighted by Crippen LogP contribution is -2.33. The molecule has 183 valence electrons. The molecule has 0 aromatic carbocycles. The number of hydrogen-bond acceptors (Lipinski definition) is 17. The fourth-order valence-corrected chi connectivity index (χ4v) is 6.16. The molecule has 6 atom stereocenters. The standard InChI is InChI=1S/C11H17BN5O12P3S/c1-33-11-15-8(13)5-9(16-11)17(3-14-5)10-7(19)6(18)4(27-10)2-26-30(12,20)28-32(24,25)29-31(21,22)23/h3-4,6-7,10,18-19H,2H2,1H3,(H,24,25)(H2,13,15,16)(H2,21,22,23)/q-1/p-3/t4-,6-,7-,10-,30?/m1/s1. The molecule has 3 heterocycles. The topological polar surface area (TPSA) is 267 Å². The summed E-state index contributed by atoms with van der Waals surface area (Å²) in [5, 5.41) is 20.9. The number of thioether (sulfide) groups is 1. The molecule has 3 rings (SSSR count). The molecule has 1 saturated heterocycles. The van der Waals surface area contributed by atoms with E-state index >= 15 is 0 Å². The molecule has 0 spiro atoms. The van der Waals surface area contributed by atoms with Crippen molar-refractivity contribution >= 4 is 59.4 Å². The summed E-state index contributed by atoms with van der Waals surface area (Å²) < 4.78 is 52.0. The van der Waals surface area contributed by atoms with Crippen LogP contribution in [0, 0.1) is 0 Å². The third-order valence-corrected chi connectivity index (χ3v) is 8.42. The Hall–Kier alpha value is -0.905. The van der Waals surface area contributed by atoms with Gasteiger partial charge >= 0.3 is 0 Å². The van der Waals surface area contributed by atoms with Crippen LogP contribution >= 0.6 is 34.9 Å².